The number of rotatable bonds is 5. The zero-order valence-corrected chi connectivity index (χ0v) is 13.1. The van der Waals surface area contributed by atoms with Gasteiger partial charge in [0.1, 0.15) is 11.6 Å². The average molecular weight is 310 g/mol. The fourth-order valence-electron chi connectivity index (χ4n) is 2.81. The Morgan fingerprint density at radius 3 is 2.59 bits per heavy atom. The number of hydrogen-bond acceptors (Lipinski definition) is 4. The van der Waals surface area contributed by atoms with E-state index in [1.54, 1.807) is 4.90 Å². The van der Waals surface area contributed by atoms with Gasteiger partial charge in [-0.15, -0.1) is 0 Å². The molecule has 0 aromatic heterocycles. The van der Waals surface area contributed by atoms with Crippen LogP contribution in [0.25, 0.3) is 0 Å². The van der Waals surface area contributed by atoms with Crippen LogP contribution in [0.4, 0.5) is 4.39 Å². The number of methoxy groups -OCH3 is 1. The van der Waals surface area contributed by atoms with Crippen LogP contribution in [0.2, 0.25) is 0 Å². The maximum absolute atomic E-state index is 13.4. The highest BCUT2D eigenvalue weighted by atomic mass is 19.1. The molecule has 2 rings (SSSR count). The molecule has 1 heterocycles. The van der Waals surface area contributed by atoms with Crippen molar-refractivity contribution >= 4 is 5.91 Å². The second-order valence-corrected chi connectivity index (χ2v) is 5.42. The molecule has 1 aliphatic heterocycles. The molecule has 1 unspecified atom stereocenters. The number of carbonyl (C=O) groups excluding carboxylic acids is 1. The Hall–Kier alpha value is -1.66. The molecule has 122 valence electrons. The number of halogens is 1. The summed E-state index contributed by atoms with van der Waals surface area (Å²) in [6.07, 6.45) is 0.877. The number of nitrogens with zero attached hydrogens (tertiary/aromatic N) is 2. The van der Waals surface area contributed by atoms with Gasteiger partial charge in [0.05, 0.1) is 19.3 Å². The maximum atomic E-state index is 13.4. The van der Waals surface area contributed by atoms with Gasteiger partial charge in [0.15, 0.2) is 0 Å². The van der Waals surface area contributed by atoms with Crippen molar-refractivity contribution in [3.05, 3.63) is 29.6 Å². The summed E-state index contributed by atoms with van der Waals surface area (Å²) in [5.74, 6) is -0.280. The number of aliphatic hydroxyl groups excluding tert-OH is 1. The van der Waals surface area contributed by atoms with E-state index in [2.05, 4.69) is 4.90 Å². The van der Waals surface area contributed by atoms with Crippen LogP contribution in [-0.4, -0.2) is 66.8 Å². The molecule has 1 saturated heterocycles. The molecule has 1 aromatic carbocycles. The highest BCUT2D eigenvalue weighted by Gasteiger charge is 2.27. The quantitative estimate of drug-likeness (QED) is 0.892. The van der Waals surface area contributed by atoms with Crippen LogP contribution in [0.5, 0.6) is 5.75 Å². The molecule has 0 bridgehead atoms. The van der Waals surface area contributed by atoms with Crippen molar-refractivity contribution in [2.75, 3.05) is 39.9 Å². The molecule has 1 amide bonds. The molecule has 0 saturated carbocycles. The van der Waals surface area contributed by atoms with E-state index < -0.39 is 5.82 Å². The summed E-state index contributed by atoms with van der Waals surface area (Å²) in [6.45, 7) is 4.72. The third-order valence-corrected chi connectivity index (χ3v) is 4.19. The number of amides is 1. The van der Waals surface area contributed by atoms with Gasteiger partial charge in [0, 0.05) is 32.2 Å². The van der Waals surface area contributed by atoms with E-state index in [1.807, 2.05) is 6.92 Å². The summed E-state index contributed by atoms with van der Waals surface area (Å²) in [6, 6.07) is 4.11. The number of hydrogen-bond donors (Lipinski definition) is 1. The Morgan fingerprint density at radius 1 is 1.36 bits per heavy atom. The Balaban J connectivity index is 2.05. The van der Waals surface area contributed by atoms with Gasteiger partial charge in [-0.3, -0.25) is 9.69 Å². The lowest BCUT2D eigenvalue weighted by Gasteiger charge is -2.38. The topological polar surface area (TPSA) is 53.0 Å². The van der Waals surface area contributed by atoms with Crippen molar-refractivity contribution in [1.82, 2.24) is 9.80 Å². The van der Waals surface area contributed by atoms with Gasteiger partial charge in [-0.2, -0.15) is 0 Å². The molecule has 0 spiro atoms. The smallest absolute Gasteiger partial charge is 0.257 e. The van der Waals surface area contributed by atoms with E-state index in [1.165, 1.54) is 25.3 Å². The second kappa shape index (κ2) is 7.56. The van der Waals surface area contributed by atoms with Crippen molar-refractivity contribution in [3.63, 3.8) is 0 Å². The molecule has 22 heavy (non-hydrogen) atoms. The molecule has 0 radical (unpaired) electrons. The van der Waals surface area contributed by atoms with E-state index in [0.29, 0.717) is 31.9 Å². The maximum Gasteiger partial charge on any atom is 0.257 e. The minimum atomic E-state index is -0.450. The van der Waals surface area contributed by atoms with E-state index in [9.17, 15) is 14.3 Å². The Labute approximate surface area is 130 Å². The first-order valence-electron chi connectivity index (χ1n) is 7.58. The van der Waals surface area contributed by atoms with Crippen LogP contribution in [0, 0.1) is 5.82 Å². The summed E-state index contributed by atoms with van der Waals surface area (Å²) in [7, 11) is 1.47. The predicted molar refractivity (Wildman–Crippen MR) is 81.6 cm³/mol. The fraction of sp³-hybridized carbons (Fsp3) is 0.562. The van der Waals surface area contributed by atoms with Gasteiger partial charge >= 0.3 is 0 Å². The highest BCUT2D eigenvalue weighted by Crippen LogP contribution is 2.22. The van der Waals surface area contributed by atoms with Gasteiger partial charge in [-0.25, -0.2) is 4.39 Å². The van der Waals surface area contributed by atoms with Crippen LogP contribution >= 0.6 is 0 Å². The first-order chi connectivity index (χ1) is 10.6. The minimum absolute atomic E-state index is 0.127. The molecule has 0 aliphatic carbocycles. The van der Waals surface area contributed by atoms with Gasteiger partial charge in [-0.05, 0) is 24.6 Å². The lowest BCUT2D eigenvalue weighted by atomic mass is 10.1. The SMILES string of the molecule is CCC(CO)N1CCN(C(=O)c2cc(F)ccc2OC)CC1. The lowest BCUT2D eigenvalue weighted by Crippen LogP contribution is -2.52. The number of carbonyl (C=O) groups is 1. The molecule has 6 heteroatoms. The Morgan fingerprint density at radius 2 is 2.05 bits per heavy atom. The molecular weight excluding hydrogens is 287 g/mol. The summed E-state index contributed by atoms with van der Waals surface area (Å²) in [5.41, 5.74) is 0.255. The zero-order valence-electron chi connectivity index (χ0n) is 13.1. The van der Waals surface area contributed by atoms with Crippen molar-refractivity contribution in [1.29, 1.82) is 0 Å². The van der Waals surface area contributed by atoms with Gasteiger partial charge in [-0.1, -0.05) is 6.92 Å². The minimum Gasteiger partial charge on any atom is -0.496 e. The van der Waals surface area contributed by atoms with Crippen molar-refractivity contribution in [3.8, 4) is 5.75 Å². The van der Waals surface area contributed by atoms with Gasteiger partial charge < -0.3 is 14.7 Å². The number of piperazine rings is 1. The van der Waals surface area contributed by atoms with Crippen LogP contribution in [0.1, 0.15) is 23.7 Å². The fourth-order valence-corrected chi connectivity index (χ4v) is 2.81. The molecular formula is C16H23FN2O3. The standard InChI is InChI=1S/C16H23FN2O3/c1-3-13(11-20)18-6-8-19(9-7-18)16(21)14-10-12(17)4-5-15(14)22-2/h4-5,10,13,20H,3,6-9,11H2,1-2H3. The Bertz CT molecular complexity index is 512. The second-order valence-electron chi connectivity index (χ2n) is 5.42. The zero-order chi connectivity index (χ0) is 16.1. The number of aliphatic hydroxyl groups is 1. The van der Waals surface area contributed by atoms with E-state index in [0.717, 1.165) is 6.42 Å². The Kier molecular flexibility index (Phi) is 5.74. The molecule has 5 nitrogen and oxygen atoms in total. The predicted octanol–water partition coefficient (Wildman–Crippen LogP) is 1.36. The van der Waals surface area contributed by atoms with Crippen molar-refractivity contribution in [2.24, 2.45) is 0 Å². The van der Waals surface area contributed by atoms with E-state index >= 15 is 0 Å². The summed E-state index contributed by atoms with van der Waals surface area (Å²) < 4.78 is 18.6. The molecule has 1 fully saturated rings. The first-order valence-corrected chi connectivity index (χ1v) is 7.58. The number of ether oxygens (including phenoxy) is 1. The lowest BCUT2D eigenvalue weighted by molar-refractivity contribution is 0.0470. The average Bonchev–Trinajstić information content (AvgIpc) is 2.56. The molecule has 1 N–H and O–H groups in total. The number of benzene rings is 1. The van der Waals surface area contributed by atoms with Crippen molar-refractivity contribution in [2.45, 2.75) is 19.4 Å². The van der Waals surface area contributed by atoms with Crippen LogP contribution in [-0.2, 0) is 0 Å². The van der Waals surface area contributed by atoms with Crippen molar-refractivity contribution < 1.29 is 19.0 Å². The first kappa shape index (κ1) is 16.7. The summed E-state index contributed by atoms with van der Waals surface area (Å²) >= 11 is 0. The largest absolute Gasteiger partial charge is 0.496 e. The van der Waals surface area contributed by atoms with Crippen LogP contribution in [0.15, 0.2) is 18.2 Å². The van der Waals surface area contributed by atoms with Gasteiger partial charge in [0.2, 0.25) is 0 Å². The normalized spacial score (nSPS) is 17.4. The van der Waals surface area contributed by atoms with Gasteiger partial charge in [0.25, 0.3) is 5.91 Å². The summed E-state index contributed by atoms with van der Waals surface area (Å²) in [5, 5.41) is 9.35. The third-order valence-electron chi connectivity index (χ3n) is 4.19. The van der Waals surface area contributed by atoms with E-state index in [-0.39, 0.29) is 24.1 Å². The third kappa shape index (κ3) is 3.56. The van der Waals surface area contributed by atoms with Crippen LogP contribution in [0.3, 0.4) is 0 Å². The molecule has 1 atom stereocenters. The highest BCUT2D eigenvalue weighted by molar-refractivity contribution is 5.97. The monoisotopic (exact) mass is 310 g/mol. The molecule has 1 aromatic rings. The molecule has 1 aliphatic rings. The van der Waals surface area contributed by atoms with E-state index in [4.69, 9.17) is 4.74 Å². The summed E-state index contributed by atoms with van der Waals surface area (Å²) in [4.78, 5) is 16.5. The van der Waals surface area contributed by atoms with Crippen LogP contribution < -0.4 is 4.74 Å².